The van der Waals surface area contributed by atoms with Crippen molar-refractivity contribution in [3.8, 4) is 0 Å². The average Bonchev–Trinajstić information content (AvgIpc) is 2.36. The van der Waals surface area contributed by atoms with Crippen LogP contribution in [-0.4, -0.2) is 95.7 Å². The number of hydrogen-bond donors (Lipinski definition) is 3. The predicted molar refractivity (Wildman–Crippen MR) is 94.5 cm³/mol. The number of halogens is 2. The fourth-order valence-electron chi connectivity index (χ4n) is 1.96. The maximum atomic E-state index is 12.8. The van der Waals surface area contributed by atoms with Gasteiger partial charge in [0.25, 0.3) is 10.1 Å². The predicted octanol–water partition coefficient (Wildman–Crippen LogP) is 0.790. The maximum absolute atomic E-state index is 12.8. The summed E-state index contributed by atoms with van der Waals surface area (Å²) in [5.74, 6) is -0.0173. The Morgan fingerprint density at radius 2 is 1.95 bits per heavy atom. The Morgan fingerprint density at radius 1 is 1.41 bits per heavy atom. The Balaban J connectivity index is 0.00000441. The van der Waals surface area contributed by atoms with Crippen LogP contribution >= 0.6 is 43.5 Å². The van der Waals surface area contributed by atoms with Gasteiger partial charge in [-0.15, -0.1) is 23.2 Å². The molecule has 1 saturated heterocycles. The Kier molecular flexibility index (Phi) is 11.8. The third-order valence-electron chi connectivity index (χ3n) is 2.93. The van der Waals surface area contributed by atoms with Crippen molar-refractivity contribution in [1.29, 1.82) is 0 Å². The van der Waals surface area contributed by atoms with E-state index in [0.29, 0.717) is 19.5 Å². The Bertz CT molecular complexity index is 481. The van der Waals surface area contributed by atoms with Gasteiger partial charge in [-0.1, -0.05) is 0 Å². The fourth-order valence-corrected chi connectivity index (χ4v) is 6.38. The number of alkyl halides is 2. The molecule has 1 rings (SSSR count). The molecule has 128 valence electrons. The summed E-state index contributed by atoms with van der Waals surface area (Å²) >= 11 is 15.5. The SMILES string of the molecule is O=P1(N(CCCl)CCCl)NC(C(S)CS(=O)(=O)O)CCO1.[NaH]. The zero-order valence-corrected chi connectivity index (χ0v) is 15.3. The van der Waals surface area contributed by atoms with Crippen LogP contribution in [0.15, 0.2) is 0 Å². The summed E-state index contributed by atoms with van der Waals surface area (Å²) in [6.07, 6.45) is 0.434. The van der Waals surface area contributed by atoms with Crippen LogP contribution in [0.5, 0.6) is 0 Å². The minimum absolute atomic E-state index is 0. The molecule has 1 aliphatic rings. The molecule has 3 atom stereocenters. The molecule has 7 nitrogen and oxygen atoms in total. The molecule has 0 aromatic rings. The zero-order chi connectivity index (χ0) is 16.1. The normalized spacial score (nSPS) is 27.4. The Morgan fingerprint density at radius 3 is 2.41 bits per heavy atom. The molecule has 1 heterocycles. The van der Waals surface area contributed by atoms with E-state index in [1.807, 2.05) is 0 Å². The summed E-state index contributed by atoms with van der Waals surface area (Å²) in [5.41, 5.74) is 0. The molecule has 1 aliphatic heterocycles. The molecule has 0 aromatic carbocycles. The Labute approximate surface area is 168 Å². The summed E-state index contributed by atoms with van der Waals surface area (Å²) in [7, 11) is -7.50. The number of nitrogens with zero attached hydrogens (tertiary/aromatic N) is 1. The van der Waals surface area contributed by atoms with E-state index in [-0.39, 0.29) is 47.9 Å². The third kappa shape index (κ3) is 7.89. The molecule has 1 fully saturated rings. The van der Waals surface area contributed by atoms with Gasteiger partial charge >= 0.3 is 37.2 Å². The van der Waals surface area contributed by atoms with Crippen LogP contribution in [0, 0.1) is 0 Å². The first-order valence-electron chi connectivity index (χ1n) is 6.25. The Hall–Kier alpha value is 1.95. The van der Waals surface area contributed by atoms with Gasteiger partial charge in [0.2, 0.25) is 0 Å². The van der Waals surface area contributed by atoms with Crippen molar-refractivity contribution in [2.24, 2.45) is 0 Å². The molecular weight excluding hydrogens is 405 g/mol. The van der Waals surface area contributed by atoms with Gasteiger partial charge in [-0.2, -0.15) is 21.0 Å². The number of hydrogen-bond acceptors (Lipinski definition) is 5. The molecule has 0 radical (unpaired) electrons. The summed E-state index contributed by atoms with van der Waals surface area (Å²) in [6.45, 7) is 0.834. The van der Waals surface area contributed by atoms with Gasteiger partial charge in [0.15, 0.2) is 0 Å². The molecule has 3 unspecified atom stereocenters. The third-order valence-corrected chi connectivity index (χ3v) is 7.17. The summed E-state index contributed by atoms with van der Waals surface area (Å²) in [4.78, 5) is 0. The first-order chi connectivity index (χ1) is 9.72. The fraction of sp³-hybridized carbons (Fsp3) is 1.00. The van der Waals surface area contributed by atoms with Crippen molar-refractivity contribution in [1.82, 2.24) is 9.76 Å². The second-order valence-corrected chi connectivity index (χ2v) is 9.56. The van der Waals surface area contributed by atoms with Crippen molar-refractivity contribution in [2.75, 3.05) is 37.2 Å². The average molecular weight is 425 g/mol. The quantitative estimate of drug-likeness (QED) is 0.174. The summed E-state index contributed by atoms with van der Waals surface area (Å²) in [6, 6.07) is -0.469. The van der Waals surface area contributed by atoms with E-state index in [4.69, 9.17) is 32.3 Å². The number of thiol groups is 1. The van der Waals surface area contributed by atoms with E-state index in [9.17, 15) is 13.0 Å². The molecule has 0 aromatic heterocycles. The molecule has 0 amide bonds. The molecular formula is C9H20Cl2N2NaO5PS2. The van der Waals surface area contributed by atoms with Gasteiger partial charge in [-0.3, -0.25) is 9.12 Å². The zero-order valence-electron chi connectivity index (χ0n) is 11.2. The van der Waals surface area contributed by atoms with Crippen molar-refractivity contribution >= 4 is 83.2 Å². The van der Waals surface area contributed by atoms with Crippen LogP contribution in [0.2, 0.25) is 0 Å². The second-order valence-electron chi connectivity index (χ2n) is 4.53. The van der Waals surface area contributed by atoms with Crippen LogP contribution < -0.4 is 5.09 Å². The van der Waals surface area contributed by atoms with Gasteiger partial charge in [-0.05, 0) is 6.42 Å². The van der Waals surface area contributed by atoms with E-state index >= 15 is 0 Å². The van der Waals surface area contributed by atoms with E-state index < -0.39 is 34.8 Å². The van der Waals surface area contributed by atoms with Crippen LogP contribution in [0.3, 0.4) is 0 Å². The van der Waals surface area contributed by atoms with E-state index in [1.54, 1.807) is 0 Å². The monoisotopic (exact) mass is 424 g/mol. The molecule has 13 heteroatoms. The van der Waals surface area contributed by atoms with Gasteiger partial charge < -0.3 is 4.52 Å². The summed E-state index contributed by atoms with van der Waals surface area (Å²) in [5, 5.41) is 2.11. The molecule has 0 aliphatic carbocycles. The van der Waals surface area contributed by atoms with Gasteiger partial charge in [0.05, 0.1) is 12.4 Å². The standard InChI is InChI=1S/C9H19Cl2N2O5PS2.Na.H/c10-2-4-13(5-3-11)19(14)12-8(1-6-18-19)9(20)7-21(15,16)17;;/h8-9,20H,1-7H2,(H,12,14)(H,15,16,17);;. The molecule has 22 heavy (non-hydrogen) atoms. The van der Waals surface area contributed by atoms with Crippen LogP contribution in [0.4, 0.5) is 0 Å². The van der Waals surface area contributed by atoms with Crippen molar-refractivity contribution in [3.05, 3.63) is 0 Å². The summed E-state index contributed by atoms with van der Waals surface area (Å²) < 4.78 is 50.4. The van der Waals surface area contributed by atoms with Gasteiger partial charge in [0, 0.05) is 36.1 Å². The number of nitrogens with one attached hydrogen (secondary N) is 1. The first kappa shape index (κ1) is 23.9. The van der Waals surface area contributed by atoms with Gasteiger partial charge in [0.1, 0.15) is 0 Å². The minimum atomic E-state index is -4.15. The topological polar surface area (TPSA) is 95.9 Å². The second kappa shape index (κ2) is 10.8. The molecule has 2 N–H and O–H groups in total. The van der Waals surface area contributed by atoms with Gasteiger partial charge in [-0.25, -0.2) is 9.76 Å². The van der Waals surface area contributed by atoms with Crippen molar-refractivity contribution < 1.29 is 22.1 Å². The van der Waals surface area contributed by atoms with Crippen LogP contribution in [-0.2, 0) is 19.2 Å². The molecule has 0 saturated carbocycles. The van der Waals surface area contributed by atoms with Crippen molar-refractivity contribution in [3.63, 3.8) is 0 Å². The first-order valence-corrected chi connectivity index (χ1v) is 11.0. The van der Waals surface area contributed by atoms with E-state index in [0.717, 1.165) is 0 Å². The number of rotatable bonds is 8. The van der Waals surface area contributed by atoms with E-state index in [2.05, 4.69) is 17.7 Å². The van der Waals surface area contributed by atoms with E-state index in [1.165, 1.54) is 4.67 Å². The van der Waals surface area contributed by atoms with Crippen LogP contribution in [0.25, 0.3) is 0 Å². The molecule has 0 spiro atoms. The molecule has 0 bridgehead atoms. The van der Waals surface area contributed by atoms with Crippen LogP contribution in [0.1, 0.15) is 6.42 Å². The van der Waals surface area contributed by atoms with Crippen molar-refractivity contribution in [2.45, 2.75) is 17.7 Å².